The molecular formula is C50H61Cl2SiZr. The Kier molecular flexibility index (Phi) is 11.6. The number of rotatable bonds is 13. The second-order valence-electron chi connectivity index (χ2n) is 17.6. The van der Waals surface area contributed by atoms with Gasteiger partial charge in [0.2, 0.25) is 0 Å². The summed E-state index contributed by atoms with van der Waals surface area (Å²) in [7, 11) is 18.4. The van der Waals surface area contributed by atoms with Gasteiger partial charge in [0, 0.05) is 0 Å². The Hall–Kier alpha value is -1.96. The first-order valence-corrected chi connectivity index (χ1v) is 37.6. The molecule has 0 spiro atoms. The molecule has 0 amide bonds. The van der Waals surface area contributed by atoms with Crippen molar-refractivity contribution in [2.75, 3.05) is 0 Å². The van der Waals surface area contributed by atoms with Gasteiger partial charge >= 0.3 is 338 Å². The minimum atomic E-state index is -5.00. The topological polar surface area (TPSA) is 0 Å². The molecule has 2 saturated carbocycles. The molecular weight excluding hydrogens is 791 g/mol. The molecule has 0 radical (unpaired) electrons. The van der Waals surface area contributed by atoms with E-state index in [0.29, 0.717) is 0 Å². The predicted molar refractivity (Wildman–Crippen MR) is 237 cm³/mol. The fraction of sp³-hybridized carbons (Fsp3) is 0.440. The fourth-order valence-corrected chi connectivity index (χ4v) is 52.7. The molecule has 4 aromatic rings. The first-order valence-electron chi connectivity index (χ1n) is 21.7. The van der Waals surface area contributed by atoms with E-state index < -0.39 is 21.5 Å². The van der Waals surface area contributed by atoms with Crippen LogP contribution in [0.2, 0.25) is 12.6 Å². The first-order chi connectivity index (χ1) is 26.2. The second kappa shape index (κ2) is 16.1. The third-order valence-corrected chi connectivity index (χ3v) is 64.9. The predicted octanol–water partition coefficient (Wildman–Crippen LogP) is 15.6. The van der Waals surface area contributed by atoms with Gasteiger partial charge in [0.1, 0.15) is 0 Å². The van der Waals surface area contributed by atoms with Gasteiger partial charge in [-0.1, -0.05) is 0 Å². The third-order valence-electron chi connectivity index (χ3n) is 14.4. The average Bonchev–Trinajstić information content (AvgIpc) is 4.02. The van der Waals surface area contributed by atoms with E-state index in [9.17, 15) is 17.0 Å². The minimum absolute atomic E-state index is 0.156. The number of aryl methyl sites for hydroxylation is 2. The molecule has 0 aliphatic heterocycles. The number of hydrogen-bond acceptors (Lipinski definition) is 0. The maximum absolute atomic E-state index is 9.18. The molecule has 0 saturated heterocycles. The van der Waals surface area contributed by atoms with Gasteiger partial charge in [-0.25, -0.2) is 0 Å². The van der Waals surface area contributed by atoms with Gasteiger partial charge < -0.3 is 0 Å². The van der Waals surface area contributed by atoms with Crippen molar-refractivity contribution in [1.29, 1.82) is 0 Å². The van der Waals surface area contributed by atoms with E-state index >= 15 is 0 Å². The molecule has 3 unspecified atom stereocenters. The molecule has 0 bridgehead atoms. The van der Waals surface area contributed by atoms with Crippen LogP contribution in [0.15, 0.2) is 96.1 Å². The molecule has 4 heteroatoms. The van der Waals surface area contributed by atoms with Crippen LogP contribution in [-0.2, 0) is 28.4 Å². The van der Waals surface area contributed by atoms with Crippen LogP contribution in [0.5, 0.6) is 0 Å². The van der Waals surface area contributed by atoms with Crippen LogP contribution in [0, 0.1) is 11.8 Å². The zero-order chi connectivity index (χ0) is 37.5. The quantitative estimate of drug-likeness (QED) is 0.118. The summed E-state index contributed by atoms with van der Waals surface area (Å²) in [5, 5.41) is 0. The van der Waals surface area contributed by atoms with Gasteiger partial charge in [-0.2, -0.15) is 0 Å². The van der Waals surface area contributed by atoms with Crippen molar-refractivity contribution in [2.24, 2.45) is 11.8 Å². The Morgan fingerprint density at radius 3 is 1.35 bits per heavy atom. The molecule has 283 valence electrons. The Morgan fingerprint density at radius 2 is 0.981 bits per heavy atom. The summed E-state index contributed by atoms with van der Waals surface area (Å²) in [6.45, 7) is 9.48. The summed E-state index contributed by atoms with van der Waals surface area (Å²) in [5.41, 5.74) is 17.0. The van der Waals surface area contributed by atoms with Crippen molar-refractivity contribution in [1.82, 2.24) is 0 Å². The number of allylic oxidation sites excluding steroid dienone is 2. The Balaban J connectivity index is 1.35. The molecule has 0 heterocycles. The van der Waals surface area contributed by atoms with Crippen molar-refractivity contribution >= 4 is 35.1 Å². The van der Waals surface area contributed by atoms with Gasteiger partial charge in [-0.05, 0) is 0 Å². The van der Waals surface area contributed by atoms with Crippen LogP contribution in [0.25, 0.3) is 34.4 Å². The van der Waals surface area contributed by atoms with Gasteiger partial charge in [-0.3, -0.25) is 0 Å². The van der Waals surface area contributed by atoms with E-state index in [4.69, 9.17) is 0 Å². The maximum atomic E-state index is 9.18. The molecule has 4 aromatic carbocycles. The van der Waals surface area contributed by atoms with Gasteiger partial charge in [-0.15, -0.1) is 0 Å². The Labute approximate surface area is 335 Å². The molecule has 4 aliphatic carbocycles. The van der Waals surface area contributed by atoms with Crippen molar-refractivity contribution in [3.05, 3.63) is 129 Å². The van der Waals surface area contributed by atoms with Crippen LogP contribution in [0.1, 0.15) is 132 Å². The summed E-state index contributed by atoms with van der Waals surface area (Å²) in [5.74, 6) is -0.217. The molecule has 2 fully saturated rings. The summed E-state index contributed by atoms with van der Waals surface area (Å²) >= 11 is -5.00. The van der Waals surface area contributed by atoms with Crippen LogP contribution in [0.4, 0.5) is 0 Å². The van der Waals surface area contributed by atoms with Gasteiger partial charge in [0.25, 0.3) is 0 Å². The molecule has 54 heavy (non-hydrogen) atoms. The molecule has 8 rings (SSSR count). The van der Waals surface area contributed by atoms with Crippen molar-refractivity contribution in [3.63, 3.8) is 0 Å². The van der Waals surface area contributed by atoms with Crippen LogP contribution in [0.3, 0.4) is 0 Å². The average molecular weight is 852 g/mol. The number of hydrogen-bond donors (Lipinski definition) is 0. The summed E-state index contributed by atoms with van der Waals surface area (Å²) in [6, 6.07) is 34.1. The molecule has 4 aliphatic rings. The van der Waals surface area contributed by atoms with Crippen LogP contribution in [-0.4, -0.2) is 5.92 Å². The summed E-state index contributed by atoms with van der Waals surface area (Å²) < 4.78 is 0.313. The zero-order valence-corrected chi connectivity index (χ0v) is 38.4. The molecule has 3 atom stereocenters. The normalized spacial score (nSPS) is 21.4. The Morgan fingerprint density at radius 1 is 0.574 bits per heavy atom. The Bertz CT molecular complexity index is 1890. The SMILES string of the molecule is CCC[SiH](C)[Zr]([Cl])([Cl])([CH]1C(CC2CCCC2)=Cc2c(-c3ccc(CC)cc3)cccc21)[CH]1C(CC2CCCC2)=Cc2c(-c3ccc(CC)cc3)cccc21. The van der Waals surface area contributed by atoms with Crippen LogP contribution < -0.4 is 0 Å². The monoisotopic (exact) mass is 849 g/mol. The van der Waals surface area contributed by atoms with Crippen molar-refractivity contribution in [2.45, 2.75) is 124 Å². The van der Waals surface area contributed by atoms with E-state index in [1.54, 1.807) is 11.1 Å². The number of benzene rings is 4. The number of fused-ring (bicyclic) bond motifs is 2. The zero-order valence-electron chi connectivity index (χ0n) is 33.3. The van der Waals surface area contributed by atoms with E-state index in [1.165, 1.54) is 113 Å². The van der Waals surface area contributed by atoms with E-state index in [0.717, 1.165) is 43.9 Å². The van der Waals surface area contributed by atoms with E-state index in [2.05, 4.69) is 124 Å². The standard InChI is InChI=1S/2C23H25.C4H11Si.2ClH.Zr/c2*1-2-17-10-12-20(13-11-17)22-9-5-8-21-15-19(16-23(21)22)14-18-6-3-4-7-18;1-3-4-5-2;;;/h2*5,8-13,15-16,18H,2-4,6-7,14H2,1H3;5H,3-4H2,1-2H3;2*1H;/q;;;;;+2/p-2. The summed E-state index contributed by atoms with van der Waals surface area (Å²) in [4.78, 5) is 0. The van der Waals surface area contributed by atoms with Crippen molar-refractivity contribution < 1.29 is 15.6 Å². The molecule has 0 N–H and O–H groups in total. The van der Waals surface area contributed by atoms with Crippen molar-refractivity contribution in [3.8, 4) is 22.3 Å². The van der Waals surface area contributed by atoms with Gasteiger partial charge in [0.15, 0.2) is 0 Å². The molecule has 0 aromatic heterocycles. The van der Waals surface area contributed by atoms with Crippen LogP contribution >= 0.6 is 17.0 Å². The van der Waals surface area contributed by atoms with E-state index in [1.807, 2.05) is 0 Å². The second-order valence-corrected chi connectivity index (χ2v) is 59.0. The third kappa shape index (κ3) is 7.01. The van der Waals surface area contributed by atoms with Gasteiger partial charge in [0.05, 0.1) is 0 Å². The van der Waals surface area contributed by atoms with E-state index in [-0.39, 0.29) is 7.25 Å². The number of halogens is 2. The fourth-order valence-electron chi connectivity index (χ4n) is 11.5. The summed E-state index contributed by atoms with van der Waals surface area (Å²) in [6.07, 6.45) is 21.6. The molecule has 0 nitrogen and oxygen atoms in total. The first kappa shape index (κ1) is 38.9.